The van der Waals surface area contributed by atoms with Gasteiger partial charge >= 0.3 is 6.03 Å². The molecule has 3 amide bonds. The van der Waals surface area contributed by atoms with Crippen molar-refractivity contribution in [3.63, 3.8) is 0 Å². The van der Waals surface area contributed by atoms with E-state index in [1.165, 1.54) is 11.3 Å². The lowest BCUT2D eigenvalue weighted by Gasteiger charge is -2.31. The van der Waals surface area contributed by atoms with Gasteiger partial charge in [0.2, 0.25) is 5.01 Å². The van der Waals surface area contributed by atoms with Crippen LogP contribution in [-0.4, -0.2) is 61.5 Å². The molecular formula is C24H27N5O5S. The first-order valence-corrected chi connectivity index (χ1v) is 11.9. The van der Waals surface area contributed by atoms with Gasteiger partial charge in [0.1, 0.15) is 22.3 Å². The highest BCUT2D eigenvalue weighted by Gasteiger charge is 2.28. The number of likely N-dealkylation sites (tertiary alicyclic amines) is 1. The quantitative estimate of drug-likeness (QED) is 0.502. The second kappa shape index (κ2) is 11.0. The number of methoxy groups -OCH3 is 3. The van der Waals surface area contributed by atoms with Crippen LogP contribution in [0.5, 0.6) is 17.2 Å². The largest absolute Gasteiger partial charge is 0.497 e. The lowest BCUT2D eigenvalue weighted by atomic mass is 9.99. The summed E-state index contributed by atoms with van der Waals surface area (Å²) < 4.78 is 15.7. The summed E-state index contributed by atoms with van der Waals surface area (Å²) in [4.78, 5) is 27.3. The molecule has 1 atom stereocenters. The number of piperidine rings is 1. The van der Waals surface area contributed by atoms with E-state index >= 15 is 0 Å². The maximum atomic E-state index is 12.9. The zero-order valence-electron chi connectivity index (χ0n) is 19.7. The monoisotopic (exact) mass is 497 g/mol. The van der Waals surface area contributed by atoms with Crippen LogP contribution in [0.4, 0.5) is 16.2 Å². The number of nitrogens with one attached hydrogen (secondary N) is 2. The molecule has 0 aliphatic carbocycles. The highest BCUT2D eigenvalue weighted by Crippen LogP contribution is 2.31. The molecule has 1 saturated heterocycles. The molecule has 2 heterocycles. The lowest BCUT2D eigenvalue weighted by molar-refractivity contribution is 0.102. The number of urea groups is 1. The second-order valence-electron chi connectivity index (χ2n) is 7.94. The highest BCUT2D eigenvalue weighted by molar-refractivity contribution is 7.13. The zero-order chi connectivity index (χ0) is 24.8. The van der Waals surface area contributed by atoms with Crippen LogP contribution in [-0.2, 0) is 0 Å². The first kappa shape index (κ1) is 24.3. The Morgan fingerprint density at radius 1 is 0.914 bits per heavy atom. The molecule has 2 aromatic carbocycles. The van der Waals surface area contributed by atoms with Crippen LogP contribution in [0.15, 0.2) is 42.5 Å². The fourth-order valence-electron chi connectivity index (χ4n) is 3.80. The molecule has 1 aromatic heterocycles. The van der Waals surface area contributed by atoms with E-state index in [4.69, 9.17) is 14.2 Å². The molecule has 35 heavy (non-hydrogen) atoms. The van der Waals surface area contributed by atoms with Crippen molar-refractivity contribution in [1.82, 2.24) is 15.1 Å². The molecule has 0 bridgehead atoms. The molecule has 2 N–H and O–H groups in total. The van der Waals surface area contributed by atoms with E-state index in [0.29, 0.717) is 41.7 Å². The van der Waals surface area contributed by atoms with Crippen molar-refractivity contribution < 1.29 is 23.8 Å². The van der Waals surface area contributed by atoms with Crippen LogP contribution >= 0.6 is 11.3 Å². The first-order chi connectivity index (χ1) is 17.0. The van der Waals surface area contributed by atoms with Gasteiger partial charge in [0.25, 0.3) is 5.91 Å². The number of carbonyl (C=O) groups excluding carboxylic acids is 2. The van der Waals surface area contributed by atoms with Crippen LogP contribution in [0.1, 0.15) is 33.6 Å². The van der Waals surface area contributed by atoms with E-state index in [1.807, 2.05) is 0 Å². The predicted octanol–water partition coefficient (Wildman–Crippen LogP) is 4.23. The van der Waals surface area contributed by atoms with Gasteiger partial charge in [-0.1, -0.05) is 11.3 Å². The third-order valence-corrected chi connectivity index (χ3v) is 6.73. The molecule has 1 fully saturated rings. The number of hydrogen-bond acceptors (Lipinski definition) is 8. The topological polar surface area (TPSA) is 115 Å². The van der Waals surface area contributed by atoms with Gasteiger partial charge in [0.05, 0.1) is 21.3 Å². The number of nitrogens with zero attached hydrogens (tertiary/aromatic N) is 3. The summed E-state index contributed by atoms with van der Waals surface area (Å²) >= 11 is 1.25. The number of hydrogen-bond donors (Lipinski definition) is 2. The van der Waals surface area contributed by atoms with Crippen LogP contribution in [0.2, 0.25) is 0 Å². The summed E-state index contributed by atoms with van der Waals surface area (Å²) in [6, 6.07) is 12.1. The molecule has 184 valence electrons. The number of carbonyl (C=O) groups is 2. The van der Waals surface area contributed by atoms with Gasteiger partial charge in [0.15, 0.2) is 0 Å². The van der Waals surface area contributed by atoms with Gasteiger partial charge in [0, 0.05) is 48.6 Å². The normalized spacial score (nSPS) is 15.3. The Kier molecular flexibility index (Phi) is 7.66. The van der Waals surface area contributed by atoms with Gasteiger partial charge in [-0.05, 0) is 37.1 Å². The van der Waals surface area contributed by atoms with Crippen molar-refractivity contribution in [2.75, 3.05) is 45.1 Å². The Morgan fingerprint density at radius 3 is 2.26 bits per heavy atom. The zero-order valence-corrected chi connectivity index (χ0v) is 20.6. The number of ether oxygens (including phenoxy) is 3. The summed E-state index contributed by atoms with van der Waals surface area (Å²) in [7, 11) is 4.70. The summed E-state index contributed by atoms with van der Waals surface area (Å²) in [5.74, 6) is 1.57. The Balaban J connectivity index is 1.38. The number of rotatable bonds is 7. The molecular weight excluding hydrogens is 470 g/mol. The van der Waals surface area contributed by atoms with E-state index in [-0.39, 0.29) is 22.9 Å². The third-order valence-electron chi connectivity index (χ3n) is 5.64. The molecule has 4 rings (SSSR count). The van der Waals surface area contributed by atoms with E-state index in [0.717, 1.165) is 17.8 Å². The SMILES string of the molecule is COc1ccc(NC(=O)c2nnc(C3CCCN(C(=O)Nc4cc(OC)cc(OC)c4)C3)s2)cc1. The fraction of sp³-hybridized carbons (Fsp3) is 0.333. The first-order valence-electron chi connectivity index (χ1n) is 11.1. The maximum Gasteiger partial charge on any atom is 0.321 e. The average Bonchev–Trinajstić information content (AvgIpc) is 3.39. The average molecular weight is 498 g/mol. The molecule has 0 radical (unpaired) electrons. The van der Waals surface area contributed by atoms with Crippen LogP contribution in [0, 0.1) is 0 Å². The Bertz CT molecular complexity index is 1160. The summed E-state index contributed by atoms with van der Waals surface area (Å²) in [6.45, 7) is 1.12. The number of aromatic nitrogens is 2. The molecule has 0 saturated carbocycles. The van der Waals surface area contributed by atoms with Crippen LogP contribution in [0.25, 0.3) is 0 Å². The molecule has 0 spiro atoms. The smallest absolute Gasteiger partial charge is 0.321 e. The van der Waals surface area contributed by atoms with Gasteiger partial charge in [-0.15, -0.1) is 10.2 Å². The Hall–Kier alpha value is -3.86. The van der Waals surface area contributed by atoms with Crippen molar-refractivity contribution in [3.05, 3.63) is 52.5 Å². The van der Waals surface area contributed by atoms with Crippen LogP contribution < -0.4 is 24.8 Å². The van der Waals surface area contributed by atoms with Gasteiger partial charge in [-0.25, -0.2) is 4.79 Å². The summed E-state index contributed by atoms with van der Waals surface area (Å²) in [5, 5.41) is 15.1. The minimum absolute atomic E-state index is 0.00869. The molecule has 1 unspecified atom stereocenters. The number of anilines is 2. The maximum absolute atomic E-state index is 12.9. The Labute approximate surface area is 207 Å². The second-order valence-corrected chi connectivity index (χ2v) is 8.95. The number of benzene rings is 2. The summed E-state index contributed by atoms with van der Waals surface area (Å²) in [5.41, 5.74) is 1.23. The molecule has 10 nitrogen and oxygen atoms in total. The third kappa shape index (κ3) is 5.99. The van der Waals surface area contributed by atoms with Crippen molar-refractivity contribution in [1.29, 1.82) is 0 Å². The van der Waals surface area contributed by atoms with Crippen LogP contribution in [0.3, 0.4) is 0 Å². The molecule has 11 heteroatoms. The molecule has 1 aliphatic rings. The molecule has 3 aromatic rings. The van der Waals surface area contributed by atoms with Crippen molar-refractivity contribution in [3.8, 4) is 17.2 Å². The standard InChI is InChI=1S/C24H27N5O5S/c1-32-18-8-6-16(7-9-18)25-21(30)23-28-27-22(35-23)15-5-4-10-29(14-15)24(31)26-17-11-19(33-2)13-20(12-17)34-3/h6-9,11-13,15H,4-5,10,14H2,1-3H3,(H,25,30)(H,26,31). The number of amides is 3. The van der Waals surface area contributed by atoms with E-state index in [9.17, 15) is 9.59 Å². The van der Waals surface area contributed by atoms with Crippen molar-refractivity contribution >= 4 is 34.6 Å². The van der Waals surface area contributed by atoms with Crippen molar-refractivity contribution in [2.24, 2.45) is 0 Å². The highest BCUT2D eigenvalue weighted by atomic mass is 32.1. The van der Waals surface area contributed by atoms with Gasteiger partial charge in [-0.2, -0.15) is 0 Å². The fourth-order valence-corrected chi connectivity index (χ4v) is 4.66. The van der Waals surface area contributed by atoms with E-state index < -0.39 is 0 Å². The lowest BCUT2D eigenvalue weighted by Crippen LogP contribution is -2.41. The van der Waals surface area contributed by atoms with Gasteiger partial charge in [-0.3, -0.25) is 4.79 Å². The van der Waals surface area contributed by atoms with E-state index in [1.54, 1.807) is 68.7 Å². The minimum atomic E-state index is -0.323. The van der Waals surface area contributed by atoms with Crippen molar-refractivity contribution in [2.45, 2.75) is 18.8 Å². The summed E-state index contributed by atoms with van der Waals surface area (Å²) in [6.07, 6.45) is 1.69. The van der Waals surface area contributed by atoms with Gasteiger partial charge < -0.3 is 29.7 Å². The Morgan fingerprint density at radius 2 is 1.60 bits per heavy atom. The minimum Gasteiger partial charge on any atom is -0.497 e. The predicted molar refractivity (Wildman–Crippen MR) is 133 cm³/mol. The van der Waals surface area contributed by atoms with E-state index in [2.05, 4.69) is 20.8 Å². The molecule has 1 aliphatic heterocycles.